The number of hydrogen-bond acceptors (Lipinski definition) is 4. The molecule has 0 radical (unpaired) electrons. The first-order chi connectivity index (χ1) is 13.6. The van der Waals surface area contributed by atoms with Crippen LogP contribution in [0.2, 0.25) is 5.02 Å². The van der Waals surface area contributed by atoms with E-state index in [0.717, 1.165) is 4.88 Å². The van der Waals surface area contributed by atoms with Crippen LogP contribution in [-0.4, -0.2) is 18.0 Å². The molecule has 3 rings (SSSR count). The zero-order chi connectivity index (χ0) is 19.8. The van der Waals surface area contributed by atoms with Crippen LogP contribution >= 0.6 is 22.9 Å². The fraction of sp³-hybridized carbons (Fsp3) is 0. The van der Waals surface area contributed by atoms with Gasteiger partial charge in [-0.25, -0.2) is 5.43 Å². The Morgan fingerprint density at radius 1 is 0.964 bits per heavy atom. The topological polar surface area (TPSA) is 70.6 Å². The average molecular weight is 410 g/mol. The molecule has 0 spiro atoms. The normalized spacial score (nSPS) is 11.4. The average Bonchev–Trinajstić information content (AvgIpc) is 3.22. The van der Waals surface area contributed by atoms with E-state index in [1.807, 2.05) is 29.6 Å². The molecule has 0 aliphatic carbocycles. The molecule has 0 saturated heterocycles. The van der Waals surface area contributed by atoms with Gasteiger partial charge in [-0.1, -0.05) is 54.1 Å². The highest BCUT2D eigenvalue weighted by Gasteiger charge is 2.14. The summed E-state index contributed by atoms with van der Waals surface area (Å²) in [4.78, 5) is 25.8. The summed E-state index contributed by atoms with van der Waals surface area (Å²) in [5.74, 6) is -0.922. The standard InChI is InChI=1S/C21H16ClN3O2S/c22-18-11-5-4-9-16(18)14-23-25-21(27)19(13-17-10-6-12-28-17)24-20(26)15-7-2-1-3-8-15/h1-14H,(H,24,26)(H,25,27)/b19-13+,23-14?. The molecule has 3 aromatic rings. The van der Waals surface area contributed by atoms with Gasteiger partial charge in [0.15, 0.2) is 0 Å². The predicted octanol–water partition coefficient (Wildman–Crippen LogP) is 4.32. The van der Waals surface area contributed by atoms with Gasteiger partial charge in [-0.2, -0.15) is 5.10 Å². The fourth-order valence-corrected chi connectivity index (χ4v) is 3.10. The van der Waals surface area contributed by atoms with Crippen LogP contribution in [0.3, 0.4) is 0 Å². The molecular weight excluding hydrogens is 394 g/mol. The summed E-state index contributed by atoms with van der Waals surface area (Å²) < 4.78 is 0. The zero-order valence-corrected chi connectivity index (χ0v) is 16.2. The molecule has 0 aliphatic heterocycles. The quantitative estimate of drug-likeness (QED) is 0.361. The SMILES string of the molecule is O=C(NN=Cc1ccccc1Cl)/C(=C\c1cccs1)NC(=O)c1ccccc1. The molecule has 0 atom stereocenters. The van der Waals surface area contributed by atoms with E-state index < -0.39 is 5.91 Å². The minimum absolute atomic E-state index is 0.0904. The Morgan fingerprint density at radius 3 is 2.43 bits per heavy atom. The number of benzene rings is 2. The van der Waals surface area contributed by atoms with Gasteiger partial charge in [-0.05, 0) is 35.7 Å². The molecule has 140 valence electrons. The van der Waals surface area contributed by atoms with Gasteiger partial charge in [0, 0.05) is 21.0 Å². The maximum absolute atomic E-state index is 12.6. The Morgan fingerprint density at radius 2 is 1.71 bits per heavy atom. The van der Waals surface area contributed by atoms with Crippen LogP contribution in [0.4, 0.5) is 0 Å². The van der Waals surface area contributed by atoms with E-state index in [0.29, 0.717) is 16.1 Å². The minimum Gasteiger partial charge on any atom is -0.317 e. The van der Waals surface area contributed by atoms with Crippen molar-refractivity contribution in [2.45, 2.75) is 0 Å². The monoisotopic (exact) mass is 409 g/mol. The van der Waals surface area contributed by atoms with Crippen molar-refractivity contribution in [2.24, 2.45) is 5.10 Å². The van der Waals surface area contributed by atoms with Crippen LogP contribution in [0.1, 0.15) is 20.8 Å². The van der Waals surface area contributed by atoms with Gasteiger partial charge in [0.05, 0.1) is 6.21 Å². The van der Waals surface area contributed by atoms with Gasteiger partial charge >= 0.3 is 0 Å². The van der Waals surface area contributed by atoms with Crippen LogP contribution in [-0.2, 0) is 4.79 Å². The maximum atomic E-state index is 12.6. The fourth-order valence-electron chi connectivity index (χ4n) is 2.26. The van der Waals surface area contributed by atoms with Crippen molar-refractivity contribution in [1.29, 1.82) is 0 Å². The number of nitrogens with zero attached hydrogens (tertiary/aromatic N) is 1. The van der Waals surface area contributed by atoms with Crippen molar-refractivity contribution in [3.63, 3.8) is 0 Å². The zero-order valence-electron chi connectivity index (χ0n) is 14.6. The van der Waals surface area contributed by atoms with Gasteiger partial charge in [0.1, 0.15) is 5.70 Å². The van der Waals surface area contributed by atoms with Crippen molar-refractivity contribution in [3.8, 4) is 0 Å². The molecule has 2 aromatic carbocycles. The second kappa shape index (κ2) is 9.64. The highest BCUT2D eigenvalue weighted by atomic mass is 35.5. The van der Waals surface area contributed by atoms with Crippen LogP contribution < -0.4 is 10.7 Å². The van der Waals surface area contributed by atoms with Crippen molar-refractivity contribution < 1.29 is 9.59 Å². The first kappa shape index (κ1) is 19.5. The van der Waals surface area contributed by atoms with Crippen molar-refractivity contribution in [2.75, 3.05) is 0 Å². The molecule has 1 heterocycles. The van der Waals surface area contributed by atoms with E-state index in [4.69, 9.17) is 11.6 Å². The summed E-state index contributed by atoms with van der Waals surface area (Å²) >= 11 is 7.51. The predicted molar refractivity (Wildman–Crippen MR) is 113 cm³/mol. The van der Waals surface area contributed by atoms with Gasteiger partial charge in [-0.15, -0.1) is 11.3 Å². The Bertz CT molecular complexity index is 1020. The number of hydrazone groups is 1. The van der Waals surface area contributed by atoms with E-state index in [1.165, 1.54) is 17.6 Å². The summed E-state index contributed by atoms with van der Waals surface area (Å²) in [6.45, 7) is 0. The van der Waals surface area contributed by atoms with Crippen LogP contribution in [0.5, 0.6) is 0 Å². The van der Waals surface area contributed by atoms with Gasteiger partial charge < -0.3 is 5.32 Å². The largest absolute Gasteiger partial charge is 0.317 e. The summed E-state index contributed by atoms with van der Waals surface area (Å²) in [5, 5.41) is 8.99. The summed E-state index contributed by atoms with van der Waals surface area (Å²) in [6.07, 6.45) is 3.05. The number of carbonyl (C=O) groups is 2. The number of hydrogen-bond donors (Lipinski definition) is 2. The number of halogens is 1. The molecule has 0 fully saturated rings. The Balaban J connectivity index is 1.76. The molecular formula is C21H16ClN3O2S. The van der Waals surface area contributed by atoms with Crippen molar-refractivity contribution >= 4 is 47.0 Å². The molecule has 1 aromatic heterocycles. The van der Waals surface area contributed by atoms with E-state index >= 15 is 0 Å². The van der Waals surface area contributed by atoms with E-state index in [9.17, 15) is 9.59 Å². The highest BCUT2D eigenvalue weighted by Crippen LogP contribution is 2.14. The lowest BCUT2D eigenvalue weighted by atomic mass is 10.2. The van der Waals surface area contributed by atoms with E-state index in [1.54, 1.807) is 48.5 Å². The van der Waals surface area contributed by atoms with Crippen molar-refractivity contribution in [1.82, 2.24) is 10.7 Å². The molecule has 7 heteroatoms. The number of thiophene rings is 1. The smallest absolute Gasteiger partial charge is 0.287 e. The van der Waals surface area contributed by atoms with Crippen LogP contribution in [0, 0.1) is 0 Å². The summed E-state index contributed by atoms with van der Waals surface area (Å²) in [5.41, 5.74) is 3.63. The molecule has 5 nitrogen and oxygen atoms in total. The Kier molecular flexibility index (Phi) is 6.73. The van der Waals surface area contributed by atoms with Crippen molar-refractivity contribution in [3.05, 3.63) is 98.8 Å². The number of rotatable bonds is 6. The van der Waals surface area contributed by atoms with E-state index in [2.05, 4.69) is 15.8 Å². The lowest BCUT2D eigenvalue weighted by Crippen LogP contribution is -2.32. The molecule has 2 amide bonds. The lowest BCUT2D eigenvalue weighted by Gasteiger charge is -2.08. The maximum Gasteiger partial charge on any atom is 0.287 e. The van der Waals surface area contributed by atoms with Crippen LogP contribution in [0.25, 0.3) is 6.08 Å². The Labute approximate surface area is 171 Å². The lowest BCUT2D eigenvalue weighted by molar-refractivity contribution is -0.117. The molecule has 2 N–H and O–H groups in total. The Hall–Kier alpha value is -3.22. The van der Waals surface area contributed by atoms with E-state index in [-0.39, 0.29) is 11.6 Å². The van der Waals surface area contributed by atoms with Crippen LogP contribution in [0.15, 0.2) is 82.9 Å². The second-order valence-electron chi connectivity index (χ2n) is 5.61. The first-order valence-corrected chi connectivity index (χ1v) is 9.59. The summed E-state index contributed by atoms with van der Waals surface area (Å²) in [6, 6.07) is 19.5. The number of carbonyl (C=O) groups excluding carboxylic acids is 2. The second-order valence-corrected chi connectivity index (χ2v) is 7.00. The number of nitrogens with one attached hydrogen (secondary N) is 2. The molecule has 0 bridgehead atoms. The third-order valence-electron chi connectivity index (χ3n) is 3.63. The summed E-state index contributed by atoms with van der Waals surface area (Å²) in [7, 11) is 0. The molecule has 0 unspecified atom stereocenters. The minimum atomic E-state index is -0.541. The third-order valence-corrected chi connectivity index (χ3v) is 4.80. The van der Waals surface area contributed by atoms with Gasteiger partial charge in [0.25, 0.3) is 11.8 Å². The third kappa shape index (κ3) is 5.39. The van der Waals surface area contributed by atoms with Gasteiger partial charge in [0.2, 0.25) is 0 Å². The molecule has 0 saturated carbocycles. The van der Waals surface area contributed by atoms with Gasteiger partial charge in [-0.3, -0.25) is 9.59 Å². The first-order valence-electron chi connectivity index (χ1n) is 8.33. The highest BCUT2D eigenvalue weighted by molar-refractivity contribution is 7.10. The molecule has 28 heavy (non-hydrogen) atoms. The number of amides is 2. The molecule has 0 aliphatic rings.